The first kappa shape index (κ1) is 23.8. The van der Waals surface area contributed by atoms with E-state index in [1.165, 1.54) is 24.4 Å². The van der Waals surface area contributed by atoms with Gasteiger partial charge in [0, 0.05) is 44.5 Å². The minimum absolute atomic E-state index is 0.0305. The highest BCUT2D eigenvalue weighted by Gasteiger charge is 2.31. The maximum atomic E-state index is 14.7. The number of nitrogens with one attached hydrogen (secondary N) is 2. The van der Waals surface area contributed by atoms with Crippen molar-refractivity contribution in [3.05, 3.63) is 73.6 Å². The van der Waals surface area contributed by atoms with Gasteiger partial charge in [-0.2, -0.15) is 0 Å². The lowest BCUT2D eigenvalue weighted by Gasteiger charge is -2.36. The van der Waals surface area contributed by atoms with E-state index in [-0.39, 0.29) is 39.7 Å². The molecule has 2 aliphatic rings. The number of rotatable bonds is 4. The van der Waals surface area contributed by atoms with Crippen molar-refractivity contribution < 1.29 is 14.0 Å². The Kier molecular flexibility index (Phi) is 6.57. The maximum Gasteiger partial charge on any atom is 0.272 e. The number of fused-ring (bicyclic) bond motifs is 1. The lowest BCUT2D eigenvalue weighted by molar-refractivity contribution is -0.134. The molecule has 2 amide bonds. The van der Waals surface area contributed by atoms with Crippen molar-refractivity contribution in [2.45, 2.75) is 25.3 Å². The number of aromatic nitrogens is 2. The van der Waals surface area contributed by atoms with E-state index in [1.807, 2.05) is 0 Å². The van der Waals surface area contributed by atoms with Crippen LogP contribution in [0.15, 0.2) is 35.3 Å². The second-order valence-corrected chi connectivity index (χ2v) is 9.64. The monoisotopic (exact) mass is 519 g/mol. The summed E-state index contributed by atoms with van der Waals surface area (Å²) in [7, 11) is 0. The Bertz CT molecular complexity index is 1360. The van der Waals surface area contributed by atoms with Crippen LogP contribution in [0.4, 0.5) is 4.39 Å². The summed E-state index contributed by atoms with van der Waals surface area (Å²) in [5, 5.41) is 3.67. The second-order valence-electron chi connectivity index (χ2n) is 8.87. The highest BCUT2D eigenvalue weighted by Crippen LogP contribution is 2.27. The van der Waals surface area contributed by atoms with Gasteiger partial charge in [-0.1, -0.05) is 29.3 Å². The molecule has 4 heterocycles. The highest BCUT2D eigenvalue weighted by atomic mass is 35.5. The number of carbonyl (C=O) groups excluding carboxylic acids is 2. The lowest BCUT2D eigenvalue weighted by Crippen LogP contribution is -2.54. The smallest absolute Gasteiger partial charge is 0.272 e. The average Bonchev–Trinajstić information content (AvgIpc) is 3.51. The van der Waals surface area contributed by atoms with Gasteiger partial charge >= 0.3 is 0 Å². The Morgan fingerprint density at radius 3 is 2.54 bits per heavy atom. The van der Waals surface area contributed by atoms with E-state index in [1.54, 1.807) is 20.3 Å². The molecule has 1 atom stereocenters. The molecule has 0 radical (unpaired) electrons. The van der Waals surface area contributed by atoms with Gasteiger partial charge < -0.3 is 20.1 Å². The number of H-pyrrole nitrogens is 1. The lowest BCUT2D eigenvalue weighted by atomic mass is 10.0. The molecule has 2 fully saturated rings. The van der Waals surface area contributed by atoms with Crippen molar-refractivity contribution in [3.63, 3.8) is 0 Å². The molecule has 0 aliphatic carbocycles. The van der Waals surface area contributed by atoms with E-state index in [9.17, 15) is 18.8 Å². The maximum absolute atomic E-state index is 14.7. The fourth-order valence-electron chi connectivity index (χ4n) is 4.79. The molecule has 2 saturated heterocycles. The fourth-order valence-corrected chi connectivity index (χ4v) is 5.24. The number of halogens is 3. The fraction of sp³-hybridized carbons (Fsp3) is 0.375. The summed E-state index contributed by atoms with van der Waals surface area (Å²) in [6.45, 7) is 2.38. The number of amides is 2. The van der Waals surface area contributed by atoms with Gasteiger partial charge in [0.15, 0.2) is 0 Å². The molecular weight excluding hydrogens is 496 g/mol. The van der Waals surface area contributed by atoms with Crippen molar-refractivity contribution in [2.24, 2.45) is 0 Å². The van der Waals surface area contributed by atoms with Crippen LogP contribution in [0.25, 0.3) is 5.52 Å². The van der Waals surface area contributed by atoms with Crippen LogP contribution in [-0.4, -0.2) is 69.8 Å². The van der Waals surface area contributed by atoms with Gasteiger partial charge in [0.05, 0.1) is 16.6 Å². The third-order valence-corrected chi connectivity index (χ3v) is 7.43. The largest absolute Gasteiger partial charge is 0.338 e. The zero-order valence-corrected chi connectivity index (χ0v) is 20.3. The molecule has 35 heavy (non-hydrogen) atoms. The van der Waals surface area contributed by atoms with Crippen LogP contribution >= 0.6 is 23.2 Å². The number of nitrogens with zero attached hydrogens (tertiary/aromatic N) is 3. The van der Waals surface area contributed by atoms with Crippen LogP contribution < -0.4 is 10.9 Å². The van der Waals surface area contributed by atoms with Gasteiger partial charge in [-0.05, 0) is 43.1 Å². The molecule has 2 N–H and O–H groups in total. The van der Waals surface area contributed by atoms with Crippen LogP contribution in [0.1, 0.15) is 34.5 Å². The number of piperazine rings is 1. The van der Waals surface area contributed by atoms with Gasteiger partial charge in [0.25, 0.3) is 11.5 Å². The first-order valence-electron chi connectivity index (χ1n) is 11.5. The minimum atomic E-state index is -0.610. The zero-order chi connectivity index (χ0) is 24.7. The Labute approximate surface area is 210 Å². The molecule has 3 aromatic rings. The Morgan fingerprint density at radius 1 is 1.09 bits per heavy atom. The molecule has 2 aromatic heterocycles. The molecule has 0 saturated carbocycles. The van der Waals surface area contributed by atoms with Crippen molar-refractivity contribution in [3.8, 4) is 0 Å². The summed E-state index contributed by atoms with van der Waals surface area (Å²) < 4.78 is 16.2. The van der Waals surface area contributed by atoms with Gasteiger partial charge in [0.2, 0.25) is 5.91 Å². The van der Waals surface area contributed by atoms with E-state index in [0.717, 1.165) is 19.4 Å². The first-order chi connectivity index (χ1) is 16.8. The van der Waals surface area contributed by atoms with Gasteiger partial charge in [0.1, 0.15) is 16.5 Å². The molecule has 0 bridgehead atoms. The number of aromatic amines is 1. The Balaban J connectivity index is 1.33. The van der Waals surface area contributed by atoms with E-state index in [0.29, 0.717) is 43.0 Å². The molecule has 0 spiro atoms. The minimum Gasteiger partial charge on any atom is -0.338 e. The molecule has 8 nitrogen and oxygen atoms in total. The zero-order valence-electron chi connectivity index (χ0n) is 18.8. The topological polar surface area (TPSA) is 89.9 Å². The third-order valence-electron chi connectivity index (χ3n) is 6.67. The predicted octanol–water partition coefficient (Wildman–Crippen LogP) is 2.70. The number of carbonyl (C=O) groups is 2. The van der Waals surface area contributed by atoms with E-state index < -0.39 is 11.7 Å². The van der Waals surface area contributed by atoms with Crippen LogP contribution in [0, 0.1) is 5.82 Å². The van der Waals surface area contributed by atoms with Crippen LogP contribution in [0.3, 0.4) is 0 Å². The number of hydrogen-bond acceptors (Lipinski definition) is 4. The predicted molar refractivity (Wildman–Crippen MR) is 131 cm³/mol. The molecule has 1 aromatic carbocycles. The molecule has 11 heteroatoms. The summed E-state index contributed by atoms with van der Waals surface area (Å²) >= 11 is 12.4. The van der Waals surface area contributed by atoms with Crippen molar-refractivity contribution in [1.82, 2.24) is 24.5 Å². The van der Waals surface area contributed by atoms with Crippen molar-refractivity contribution in [1.29, 1.82) is 0 Å². The van der Waals surface area contributed by atoms with Crippen LogP contribution in [-0.2, 0) is 11.2 Å². The average molecular weight is 520 g/mol. The Hall–Kier alpha value is -2.88. The summed E-state index contributed by atoms with van der Waals surface area (Å²) in [6.07, 6.45) is 3.63. The van der Waals surface area contributed by atoms with Crippen molar-refractivity contribution >= 4 is 40.5 Å². The van der Waals surface area contributed by atoms with Gasteiger partial charge in [-0.25, -0.2) is 4.39 Å². The third kappa shape index (κ3) is 4.55. The standard InChI is InChI=1S/C24H24Cl2FN5O3/c25-17-12-20-22(33)29-13-15(32(20)21(17)26)10-14-3-4-18(27)16(11-14)23(34)30-6-8-31(9-7-30)24(35)19-2-1-5-28-19/h3-4,11-13,19,28H,1-2,5-10H2,(H,29,33)/t19-/m0/s1. The van der Waals surface area contributed by atoms with E-state index in [4.69, 9.17) is 23.2 Å². The second kappa shape index (κ2) is 9.64. The number of hydrogen-bond donors (Lipinski definition) is 2. The molecular formula is C24H24Cl2FN5O3. The first-order valence-corrected chi connectivity index (χ1v) is 12.3. The summed E-state index contributed by atoms with van der Waals surface area (Å²) in [5.74, 6) is -0.955. The normalized spacial score (nSPS) is 18.4. The molecule has 2 aliphatic heterocycles. The summed E-state index contributed by atoms with van der Waals surface area (Å²) in [4.78, 5) is 43.9. The van der Waals surface area contributed by atoms with Crippen LogP contribution in [0.2, 0.25) is 10.2 Å². The highest BCUT2D eigenvalue weighted by molar-refractivity contribution is 6.42. The quantitative estimate of drug-likeness (QED) is 0.554. The summed E-state index contributed by atoms with van der Waals surface area (Å²) in [6, 6.07) is 5.72. The van der Waals surface area contributed by atoms with Crippen molar-refractivity contribution in [2.75, 3.05) is 32.7 Å². The van der Waals surface area contributed by atoms with Gasteiger partial charge in [-0.3, -0.25) is 18.8 Å². The van der Waals surface area contributed by atoms with Crippen LogP contribution in [0.5, 0.6) is 0 Å². The van der Waals surface area contributed by atoms with Gasteiger partial charge in [-0.15, -0.1) is 0 Å². The molecule has 5 rings (SSSR count). The molecule has 0 unspecified atom stereocenters. The van der Waals surface area contributed by atoms with E-state index >= 15 is 0 Å². The summed E-state index contributed by atoms with van der Waals surface area (Å²) in [5.41, 5.74) is 1.24. The Morgan fingerprint density at radius 2 is 1.83 bits per heavy atom. The number of benzene rings is 1. The van der Waals surface area contributed by atoms with E-state index in [2.05, 4.69) is 10.3 Å². The SMILES string of the molecule is O=C(c1cc(Cc2c[nH]c(=O)c3cc(Cl)c(Cl)n23)ccc1F)N1CCN(C(=O)[C@@H]2CCCN2)CC1. The molecule has 184 valence electrons.